The number of benzene rings is 8. The van der Waals surface area contributed by atoms with Crippen molar-refractivity contribution in [3.8, 4) is 0 Å². The van der Waals surface area contributed by atoms with Gasteiger partial charge in [0, 0.05) is 51.4 Å². The van der Waals surface area contributed by atoms with Crippen LogP contribution in [0, 0.1) is 0 Å². The maximum atomic E-state index is 6.60. The molecule has 0 aliphatic rings. The van der Waals surface area contributed by atoms with Gasteiger partial charge in [-0.15, -0.1) is 0 Å². The van der Waals surface area contributed by atoms with E-state index in [1.54, 1.807) is 0 Å². The molecule has 0 radical (unpaired) electrons. The van der Waals surface area contributed by atoms with Gasteiger partial charge in [-0.2, -0.15) is 0 Å². The van der Waals surface area contributed by atoms with Crippen molar-refractivity contribution >= 4 is 74.1 Å². The molecule has 0 bridgehead atoms. The average molecular weight is 925 g/mol. The predicted molar refractivity (Wildman–Crippen MR) is 289 cm³/mol. The molecule has 0 amide bonds. The van der Waals surface area contributed by atoms with E-state index in [4.69, 9.17) is 4.74 Å². The zero-order chi connectivity index (χ0) is 44.1. The quantitative estimate of drug-likeness (QED) is 0.0444. The van der Waals surface area contributed by atoms with Gasteiger partial charge >= 0.3 is 0 Å². The Morgan fingerprint density at radius 3 is 0.585 bits per heavy atom. The molecule has 0 saturated carbocycles. The molecule has 0 spiro atoms. The fourth-order valence-electron chi connectivity index (χ4n) is 8.17. The van der Waals surface area contributed by atoms with Crippen LogP contribution in [0.4, 0.5) is 0 Å². The summed E-state index contributed by atoms with van der Waals surface area (Å²) < 4.78 is 6.60. The van der Waals surface area contributed by atoms with Crippen molar-refractivity contribution in [1.82, 2.24) is 9.80 Å². The van der Waals surface area contributed by atoms with Crippen LogP contribution in [0.1, 0.15) is 12.8 Å². The minimum atomic E-state index is -0.586. The molecule has 0 N–H and O–H groups in total. The van der Waals surface area contributed by atoms with E-state index in [-0.39, 0.29) is 0 Å². The van der Waals surface area contributed by atoms with E-state index in [2.05, 4.69) is 252 Å². The summed E-state index contributed by atoms with van der Waals surface area (Å²) in [6, 6.07) is 89.5. The highest BCUT2D eigenvalue weighted by molar-refractivity contribution is 7.74. The molecule has 328 valence electrons. The highest BCUT2D eigenvalue weighted by Crippen LogP contribution is 2.41. The molecule has 0 heterocycles. The van der Waals surface area contributed by atoms with Crippen LogP contribution < -0.4 is 42.4 Å². The van der Waals surface area contributed by atoms with Crippen molar-refractivity contribution in [2.75, 3.05) is 51.4 Å². The first-order valence-electron chi connectivity index (χ1n) is 22.8. The lowest BCUT2D eigenvalue weighted by Crippen LogP contribution is -2.33. The minimum Gasteiger partial charge on any atom is -0.381 e. The summed E-state index contributed by atoms with van der Waals surface area (Å²) in [5.41, 5.74) is 0. The Labute approximate surface area is 393 Å². The standard InChI is InChI=1S/C58H60N2OP4/c1-9-27-51(28-10-1)62(52-29-11-2-12-30-52)47-59(48-63(53-31-13-3-14-32-53)54-33-15-4-16-34-54)43-25-45-61-46-26-44-60(49-64(55-35-17-5-18-36-55)56-37-19-6-20-38-56)50-65(57-39-21-7-22-40-57)58-41-23-8-24-42-58/h1-24,27-42H,25-26,43-50H2. The van der Waals surface area contributed by atoms with Gasteiger partial charge < -0.3 is 4.74 Å². The van der Waals surface area contributed by atoms with E-state index in [1.807, 2.05) is 0 Å². The first-order valence-corrected chi connectivity index (χ1v) is 28.9. The summed E-state index contributed by atoms with van der Waals surface area (Å²) in [6.45, 7) is 3.47. The van der Waals surface area contributed by atoms with Crippen LogP contribution >= 0.6 is 31.7 Å². The van der Waals surface area contributed by atoms with Crippen molar-refractivity contribution in [1.29, 1.82) is 0 Å². The third-order valence-electron chi connectivity index (χ3n) is 11.4. The van der Waals surface area contributed by atoms with Gasteiger partial charge in [0.15, 0.2) is 0 Å². The Bertz CT molecular complexity index is 1990. The first-order chi connectivity index (χ1) is 32.3. The third kappa shape index (κ3) is 14.2. The van der Waals surface area contributed by atoms with E-state index in [9.17, 15) is 0 Å². The van der Waals surface area contributed by atoms with Crippen LogP contribution in [0.2, 0.25) is 0 Å². The first kappa shape index (κ1) is 46.9. The van der Waals surface area contributed by atoms with Gasteiger partial charge in [-0.1, -0.05) is 243 Å². The van der Waals surface area contributed by atoms with Crippen molar-refractivity contribution in [3.05, 3.63) is 243 Å². The Balaban J connectivity index is 0.973. The SMILES string of the molecule is c1ccc(P(CN(CCCOCCCN(CP(c2ccccc2)c2ccccc2)CP(c2ccccc2)c2ccccc2)CP(c2ccccc2)c2ccccc2)c2ccccc2)cc1. The molecular formula is C58H60N2OP4. The summed E-state index contributed by atoms with van der Waals surface area (Å²) in [6.07, 6.45) is 6.01. The zero-order valence-electron chi connectivity index (χ0n) is 37.3. The smallest absolute Gasteiger partial charge is 0.0478 e. The number of hydrogen-bond donors (Lipinski definition) is 0. The van der Waals surface area contributed by atoms with Crippen molar-refractivity contribution < 1.29 is 4.74 Å². The van der Waals surface area contributed by atoms with Gasteiger partial charge in [-0.3, -0.25) is 9.80 Å². The van der Waals surface area contributed by atoms with Crippen molar-refractivity contribution in [3.63, 3.8) is 0 Å². The molecule has 7 heteroatoms. The molecular weight excluding hydrogens is 865 g/mol. The largest absolute Gasteiger partial charge is 0.381 e. The summed E-state index contributed by atoms with van der Waals surface area (Å²) >= 11 is 0. The molecule has 8 rings (SSSR count). The van der Waals surface area contributed by atoms with Gasteiger partial charge in [-0.25, -0.2) is 0 Å². The van der Waals surface area contributed by atoms with E-state index in [0.717, 1.165) is 64.3 Å². The van der Waals surface area contributed by atoms with E-state index < -0.39 is 31.7 Å². The predicted octanol–water partition coefficient (Wildman–Crippen LogP) is 10.7. The topological polar surface area (TPSA) is 15.7 Å². The zero-order valence-corrected chi connectivity index (χ0v) is 40.8. The van der Waals surface area contributed by atoms with Crippen LogP contribution in [0.5, 0.6) is 0 Å². The molecule has 0 unspecified atom stereocenters. The summed E-state index contributed by atoms with van der Waals surface area (Å²) in [7, 11) is -2.34. The highest BCUT2D eigenvalue weighted by atomic mass is 31.1. The maximum Gasteiger partial charge on any atom is 0.0478 e. The third-order valence-corrected chi connectivity index (χ3v) is 21.5. The van der Waals surface area contributed by atoms with Gasteiger partial charge in [-0.05, 0) is 87.0 Å². The van der Waals surface area contributed by atoms with Gasteiger partial charge in [0.05, 0.1) is 0 Å². The maximum absolute atomic E-state index is 6.60. The van der Waals surface area contributed by atoms with E-state index >= 15 is 0 Å². The molecule has 65 heavy (non-hydrogen) atoms. The van der Waals surface area contributed by atoms with Gasteiger partial charge in [0.1, 0.15) is 0 Å². The molecule has 0 aliphatic carbocycles. The second-order valence-electron chi connectivity index (χ2n) is 16.1. The fourth-order valence-corrected chi connectivity index (χ4v) is 17.8. The van der Waals surface area contributed by atoms with Gasteiger partial charge in [0.2, 0.25) is 0 Å². The summed E-state index contributed by atoms with van der Waals surface area (Å²) in [4.78, 5) is 5.51. The van der Waals surface area contributed by atoms with Crippen molar-refractivity contribution in [2.24, 2.45) is 0 Å². The lowest BCUT2D eigenvalue weighted by molar-refractivity contribution is 0.116. The highest BCUT2D eigenvalue weighted by Gasteiger charge is 2.25. The molecule has 8 aromatic rings. The van der Waals surface area contributed by atoms with Crippen molar-refractivity contribution in [2.45, 2.75) is 12.8 Å². The normalized spacial score (nSPS) is 11.7. The Morgan fingerprint density at radius 1 is 0.246 bits per heavy atom. The molecule has 0 saturated heterocycles. The molecule has 0 aromatic heterocycles. The molecule has 0 atom stereocenters. The van der Waals surface area contributed by atoms with E-state index in [0.29, 0.717) is 0 Å². The van der Waals surface area contributed by atoms with Crippen LogP contribution in [0.25, 0.3) is 0 Å². The lowest BCUT2D eigenvalue weighted by Gasteiger charge is -2.32. The average Bonchev–Trinajstić information content (AvgIpc) is 3.39. The Hall–Kier alpha value is -4.64. The number of ether oxygens (including phenoxy) is 1. The molecule has 0 aliphatic heterocycles. The van der Waals surface area contributed by atoms with Crippen LogP contribution in [-0.4, -0.2) is 61.2 Å². The van der Waals surface area contributed by atoms with Gasteiger partial charge in [0.25, 0.3) is 0 Å². The molecule has 8 aromatic carbocycles. The second-order valence-corrected chi connectivity index (χ2v) is 24.8. The summed E-state index contributed by atoms with van der Waals surface area (Å²) in [5, 5.41) is 11.4. The van der Waals surface area contributed by atoms with E-state index in [1.165, 1.54) is 42.4 Å². The lowest BCUT2D eigenvalue weighted by atomic mass is 10.4. The minimum absolute atomic E-state index is 0.586. The second kappa shape index (κ2) is 25.9. The van der Waals surface area contributed by atoms with Crippen LogP contribution in [0.15, 0.2) is 243 Å². The number of hydrogen-bond acceptors (Lipinski definition) is 3. The fraction of sp³-hybridized carbons (Fsp3) is 0.172. The number of rotatable bonds is 24. The van der Waals surface area contributed by atoms with Crippen LogP contribution in [-0.2, 0) is 4.74 Å². The Morgan fingerprint density at radius 2 is 0.415 bits per heavy atom. The monoisotopic (exact) mass is 924 g/mol. The molecule has 0 fully saturated rings. The summed E-state index contributed by atoms with van der Waals surface area (Å²) in [5.74, 6) is 0. The number of nitrogens with zero attached hydrogens (tertiary/aromatic N) is 2. The van der Waals surface area contributed by atoms with Crippen LogP contribution in [0.3, 0.4) is 0 Å². The molecule has 3 nitrogen and oxygen atoms in total. The Kier molecular flexibility index (Phi) is 18.7.